The second-order valence-electron chi connectivity index (χ2n) is 6.44. The number of benzene rings is 1. The Bertz CT molecular complexity index is 1110. The van der Waals surface area contributed by atoms with E-state index in [2.05, 4.69) is 20.6 Å². The van der Waals surface area contributed by atoms with Gasteiger partial charge in [0.25, 0.3) is 5.91 Å². The van der Waals surface area contributed by atoms with Crippen molar-refractivity contribution in [2.24, 2.45) is 0 Å². The van der Waals surface area contributed by atoms with E-state index in [1.807, 2.05) is 59.3 Å². The molecule has 0 bridgehead atoms. The number of nitrogens with zero attached hydrogens (tertiary/aromatic N) is 2. The molecule has 1 unspecified atom stereocenters. The Morgan fingerprint density at radius 3 is 2.50 bits per heavy atom. The molecule has 0 spiro atoms. The minimum Gasteiger partial charge on any atom is -0.339 e. The van der Waals surface area contributed by atoms with Crippen molar-refractivity contribution in [3.05, 3.63) is 88.1 Å². The van der Waals surface area contributed by atoms with Crippen LogP contribution in [0.2, 0.25) is 0 Å². The molecule has 0 fully saturated rings. The average molecular weight is 435 g/mol. The Morgan fingerprint density at radius 2 is 1.77 bits per heavy atom. The van der Waals surface area contributed by atoms with Gasteiger partial charge in [-0.25, -0.2) is 4.98 Å². The highest BCUT2D eigenvalue weighted by molar-refractivity contribution is 7.14. The summed E-state index contributed by atoms with van der Waals surface area (Å²) in [4.78, 5) is 34.8. The van der Waals surface area contributed by atoms with Gasteiger partial charge >= 0.3 is 0 Å². The second-order valence-corrected chi connectivity index (χ2v) is 8.24. The summed E-state index contributed by atoms with van der Waals surface area (Å²) in [5.74, 6) is -0.583. The highest BCUT2D eigenvalue weighted by Gasteiger charge is 2.23. The van der Waals surface area contributed by atoms with Crippen molar-refractivity contribution >= 4 is 39.6 Å². The average Bonchev–Trinajstić information content (AvgIpc) is 3.47. The fourth-order valence-electron chi connectivity index (χ4n) is 2.85. The number of carbonyl (C=O) groups excluding carboxylic acids is 2. The monoisotopic (exact) mass is 434 g/mol. The van der Waals surface area contributed by atoms with E-state index in [4.69, 9.17) is 0 Å². The van der Waals surface area contributed by atoms with Crippen LogP contribution in [0.25, 0.3) is 11.4 Å². The molecule has 6 nitrogen and oxygen atoms in total. The largest absolute Gasteiger partial charge is 0.339 e. The van der Waals surface area contributed by atoms with Crippen LogP contribution in [-0.4, -0.2) is 27.8 Å². The first-order valence-electron chi connectivity index (χ1n) is 9.25. The van der Waals surface area contributed by atoms with Crippen LogP contribution in [0.4, 0.5) is 5.13 Å². The summed E-state index contributed by atoms with van der Waals surface area (Å²) in [6.45, 7) is 0. The number of rotatable bonds is 7. The van der Waals surface area contributed by atoms with Gasteiger partial charge in [0.05, 0.1) is 10.6 Å². The van der Waals surface area contributed by atoms with Crippen LogP contribution in [0.15, 0.2) is 77.6 Å². The molecule has 0 aliphatic carbocycles. The number of carbonyl (C=O) groups is 2. The Kier molecular flexibility index (Phi) is 6.26. The van der Waals surface area contributed by atoms with Crippen LogP contribution >= 0.6 is 22.7 Å². The molecule has 0 radical (unpaired) electrons. The van der Waals surface area contributed by atoms with Crippen molar-refractivity contribution in [1.82, 2.24) is 15.3 Å². The summed E-state index contributed by atoms with van der Waals surface area (Å²) in [5, 5.41) is 9.82. The third-order valence-corrected chi connectivity index (χ3v) is 5.94. The SMILES string of the molecule is O=C(NC(Cc1ccccc1)C(=O)Nc1nc(-c2ccccn2)cs1)c1cccs1. The highest BCUT2D eigenvalue weighted by Crippen LogP contribution is 2.23. The van der Waals surface area contributed by atoms with E-state index in [-0.39, 0.29) is 11.8 Å². The Labute approximate surface area is 181 Å². The van der Waals surface area contributed by atoms with E-state index >= 15 is 0 Å². The molecule has 1 atom stereocenters. The van der Waals surface area contributed by atoms with Gasteiger partial charge < -0.3 is 10.6 Å². The number of anilines is 1. The summed E-state index contributed by atoms with van der Waals surface area (Å²) in [5.41, 5.74) is 2.39. The number of hydrogen-bond donors (Lipinski definition) is 2. The Balaban J connectivity index is 1.50. The van der Waals surface area contributed by atoms with Crippen molar-refractivity contribution in [2.75, 3.05) is 5.32 Å². The lowest BCUT2D eigenvalue weighted by molar-refractivity contribution is -0.118. The zero-order valence-electron chi connectivity index (χ0n) is 15.8. The Hall–Kier alpha value is -3.36. The van der Waals surface area contributed by atoms with E-state index < -0.39 is 6.04 Å². The highest BCUT2D eigenvalue weighted by atomic mass is 32.1. The molecular formula is C22H18N4O2S2. The fourth-order valence-corrected chi connectivity index (χ4v) is 4.19. The first-order valence-corrected chi connectivity index (χ1v) is 11.0. The smallest absolute Gasteiger partial charge is 0.262 e. The van der Waals surface area contributed by atoms with Crippen molar-refractivity contribution in [2.45, 2.75) is 12.5 Å². The van der Waals surface area contributed by atoms with E-state index in [1.165, 1.54) is 22.7 Å². The lowest BCUT2D eigenvalue weighted by Crippen LogP contribution is -2.45. The molecule has 0 saturated carbocycles. The number of nitrogens with one attached hydrogen (secondary N) is 2. The second kappa shape index (κ2) is 9.43. The molecule has 8 heteroatoms. The van der Waals surface area contributed by atoms with E-state index in [0.717, 1.165) is 11.3 Å². The topological polar surface area (TPSA) is 84.0 Å². The molecule has 2 N–H and O–H groups in total. The van der Waals surface area contributed by atoms with Gasteiger partial charge in [-0.15, -0.1) is 22.7 Å². The van der Waals surface area contributed by atoms with Crippen LogP contribution < -0.4 is 10.6 Å². The van der Waals surface area contributed by atoms with Crippen LogP contribution in [0.5, 0.6) is 0 Å². The fraction of sp³-hybridized carbons (Fsp3) is 0.0909. The van der Waals surface area contributed by atoms with Crippen LogP contribution in [-0.2, 0) is 11.2 Å². The lowest BCUT2D eigenvalue weighted by Gasteiger charge is -2.17. The summed E-state index contributed by atoms with van der Waals surface area (Å²) in [6.07, 6.45) is 2.07. The predicted octanol–water partition coefficient (Wildman–Crippen LogP) is 4.25. The molecule has 4 aromatic rings. The molecule has 3 aromatic heterocycles. The van der Waals surface area contributed by atoms with Crippen molar-refractivity contribution < 1.29 is 9.59 Å². The summed E-state index contributed by atoms with van der Waals surface area (Å²) >= 11 is 2.65. The molecule has 0 saturated heterocycles. The molecule has 2 amide bonds. The number of thiophene rings is 1. The normalized spacial score (nSPS) is 11.6. The number of pyridine rings is 1. The van der Waals surface area contributed by atoms with Gasteiger partial charge in [-0.05, 0) is 29.1 Å². The maximum Gasteiger partial charge on any atom is 0.262 e. The van der Waals surface area contributed by atoms with Gasteiger partial charge in [0.15, 0.2) is 5.13 Å². The van der Waals surface area contributed by atoms with Crippen LogP contribution in [0.3, 0.4) is 0 Å². The molecular weight excluding hydrogens is 416 g/mol. The standard InChI is InChI=1S/C22H18N4O2S2/c27-20(26-22-25-18(14-30-22)16-9-4-5-11-23-16)17(13-15-7-2-1-3-8-15)24-21(28)19-10-6-12-29-19/h1-12,14,17H,13H2,(H,24,28)(H,25,26,27). The number of aromatic nitrogens is 2. The van der Waals surface area contributed by atoms with Gasteiger partial charge in [0.1, 0.15) is 11.7 Å². The van der Waals surface area contributed by atoms with Crippen LogP contribution in [0, 0.1) is 0 Å². The summed E-state index contributed by atoms with van der Waals surface area (Å²) < 4.78 is 0. The van der Waals surface area contributed by atoms with E-state index in [0.29, 0.717) is 22.1 Å². The lowest BCUT2D eigenvalue weighted by atomic mass is 10.1. The third kappa shape index (κ3) is 4.97. The van der Waals surface area contributed by atoms with Gasteiger partial charge in [-0.2, -0.15) is 0 Å². The third-order valence-electron chi connectivity index (χ3n) is 4.31. The quantitative estimate of drug-likeness (QED) is 0.456. The van der Waals surface area contributed by atoms with E-state index in [9.17, 15) is 9.59 Å². The first-order chi connectivity index (χ1) is 14.7. The van der Waals surface area contributed by atoms with Crippen molar-refractivity contribution in [1.29, 1.82) is 0 Å². The zero-order valence-corrected chi connectivity index (χ0v) is 17.5. The van der Waals surface area contributed by atoms with Gasteiger partial charge in [0.2, 0.25) is 5.91 Å². The molecule has 150 valence electrons. The minimum atomic E-state index is -0.732. The summed E-state index contributed by atoms with van der Waals surface area (Å²) in [6, 6.07) is 18.0. The molecule has 3 heterocycles. The molecule has 0 aliphatic heterocycles. The van der Waals surface area contributed by atoms with Gasteiger partial charge in [0, 0.05) is 18.0 Å². The molecule has 4 rings (SSSR count). The number of hydrogen-bond acceptors (Lipinski definition) is 6. The predicted molar refractivity (Wildman–Crippen MR) is 120 cm³/mol. The minimum absolute atomic E-state index is 0.269. The van der Waals surface area contributed by atoms with Gasteiger partial charge in [-0.3, -0.25) is 14.6 Å². The molecule has 1 aromatic carbocycles. The summed E-state index contributed by atoms with van der Waals surface area (Å²) in [7, 11) is 0. The maximum absolute atomic E-state index is 13.0. The first kappa shape index (κ1) is 19.9. The number of thiazole rings is 1. The number of amides is 2. The zero-order chi connectivity index (χ0) is 20.8. The van der Waals surface area contributed by atoms with Gasteiger partial charge in [-0.1, -0.05) is 42.5 Å². The molecule has 0 aliphatic rings. The van der Waals surface area contributed by atoms with E-state index in [1.54, 1.807) is 18.3 Å². The molecule has 30 heavy (non-hydrogen) atoms. The maximum atomic E-state index is 13.0. The van der Waals surface area contributed by atoms with Crippen molar-refractivity contribution in [3.8, 4) is 11.4 Å². The van der Waals surface area contributed by atoms with Crippen molar-refractivity contribution in [3.63, 3.8) is 0 Å². The van der Waals surface area contributed by atoms with Crippen LogP contribution in [0.1, 0.15) is 15.2 Å². The Morgan fingerprint density at radius 1 is 0.933 bits per heavy atom.